The Hall–Kier alpha value is -5.08. The van der Waals surface area contributed by atoms with E-state index in [-0.39, 0.29) is 10.8 Å². The number of nitrogens with zero attached hydrogens (tertiary/aromatic N) is 2. The molecule has 0 unspecified atom stereocenters. The number of aromatic nitrogens is 2. The summed E-state index contributed by atoms with van der Waals surface area (Å²) < 4.78 is 0. The van der Waals surface area contributed by atoms with E-state index in [9.17, 15) is 0 Å². The fourth-order valence-electron chi connectivity index (χ4n) is 8.16. The van der Waals surface area contributed by atoms with Gasteiger partial charge >= 0.3 is 0 Å². The molecule has 0 atom stereocenters. The number of hydrogen-bond donors (Lipinski definition) is 0. The third kappa shape index (κ3) is 3.31. The zero-order valence-electron chi connectivity index (χ0n) is 25.4. The molecule has 0 saturated carbocycles. The highest BCUT2D eigenvalue weighted by atomic mass is 14.7. The van der Waals surface area contributed by atoms with Crippen molar-refractivity contribution in [3.8, 4) is 44.6 Å². The van der Waals surface area contributed by atoms with E-state index < -0.39 is 0 Å². The molecular weight excluding hydrogens is 532 g/mol. The SMILES string of the molecule is CC1(C)c2ccccc2-c2cc(-c3ccc(-c4ccc5ccc6cccnc6c5n4)cc3)c3c(c21)C(C)(C)c1ccccc1-3. The topological polar surface area (TPSA) is 25.8 Å². The molecule has 2 heteroatoms. The molecule has 0 saturated heterocycles. The van der Waals surface area contributed by atoms with Crippen molar-refractivity contribution in [2.45, 2.75) is 38.5 Å². The maximum atomic E-state index is 5.11. The van der Waals surface area contributed by atoms with Crippen molar-refractivity contribution in [3.05, 3.63) is 144 Å². The van der Waals surface area contributed by atoms with Gasteiger partial charge in [0.1, 0.15) is 0 Å². The minimum absolute atomic E-state index is 0.0709. The Morgan fingerprint density at radius 2 is 1.09 bits per heavy atom. The van der Waals surface area contributed by atoms with Crippen LogP contribution in [0.4, 0.5) is 0 Å². The molecule has 7 aromatic rings. The second-order valence-electron chi connectivity index (χ2n) is 13.4. The van der Waals surface area contributed by atoms with Gasteiger partial charge in [0.05, 0.1) is 16.7 Å². The largest absolute Gasteiger partial charge is 0.254 e. The van der Waals surface area contributed by atoms with Crippen LogP contribution in [0.3, 0.4) is 0 Å². The summed E-state index contributed by atoms with van der Waals surface area (Å²) in [5.74, 6) is 0. The van der Waals surface area contributed by atoms with Crippen molar-refractivity contribution in [3.63, 3.8) is 0 Å². The Bertz CT molecular complexity index is 2320. The minimum Gasteiger partial charge on any atom is -0.254 e. The van der Waals surface area contributed by atoms with E-state index in [0.717, 1.165) is 33.1 Å². The van der Waals surface area contributed by atoms with Gasteiger partial charge < -0.3 is 0 Å². The molecule has 2 heterocycles. The first-order valence-corrected chi connectivity index (χ1v) is 15.5. The highest BCUT2D eigenvalue weighted by molar-refractivity contribution is 6.03. The minimum atomic E-state index is -0.100. The summed E-state index contributed by atoms with van der Waals surface area (Å²) in [4.78, 5) is 9.76. The Labute approximate surface area is 258 Å². The molecule has 2 aromatic heterocycles. The van der Waals surface area contributed by atoms with Crippen LogP contribution in [0.2, 0.25) is 0 Å². The van der Waals surface area contributed by atoms with E-state index in [4.69, 9.17) is 4.98 Å². The number of pyridine rings is 2. The molecule has 0 fully saturated rings. The van der Waals surface area contributed by atoms with Crippen LogP contribution in [0, 0.1) is 0 Å². The lowest BCUT2D eigenvalue weighted by molar-refractivity contribution is 0.601. The maximum absolute atomic E-state index is 5.11. The van der Waals surface area contributed by atoms with Crippen LogP contribution >= 0.6 is 0 Å². The Morgan fingerprint density at radius 3 is 1.86 bits per heavy atom. The van der Waals surface area contributed by atoms with Gasteiger partial charge in [-0.2, -0.15) is 0 Å². The van der Waals surface area contributed by atoms with Crippen LogP contribution in [0.15, 0.2) is 121 Å². The molecule has 0 bridgehead atoms. The van der Waals surface area contributed by atoms with Crippen LogP contribution in [0.1, 0.15) is 49.9 Å². The van der Waals surface area contributed by atoms with Crippen LogP contribution in [-0.2, 0) is 10.8 Å². The van der Waals surface area contributed by atoms with Crippen LogP contribution < -0.4 is 0 Å². The molecule has 210 valence electrons. The van der Waals surface area contributed by atoms with Crippen LogP contribution in [0.25, 0.3) is 66.4 Å². The summed E-state index contributed by atoms with van der Waals surface area (Å²) in [5.41, 5.74) is 17.6. The van der Waals surface area contributed by atoms with E-state index in [0.29, 0.717) is 0 Å². The summed E-state index contributed by atoms with van der Waals surface area (Å²) in [6.45, 7) is 9.63. The van der Waals surface area contributed by atoms with Gasteiger partial charge in [-0.05, 0) is 73.8 Å². The fourth-order valence-corrected chi connectivity index (χ4v) is 8.16. The zero-order valence-corrected chi connectivity index (χ0v) is 25.4. The molecule has 0 spiro atoms. The fraction of sp³-hybridized carbons (Fsp3) is 0.143. The van der Waals surface area contributed by atoms with Crippen LogP contribution in [0.5, 0.6) is 0 Å². The lowest BCUT2D eigenvalue weighted by atomic mass is 9.71. The van der Waals surface area contributed by atoms with Gasteiger partial charge in [-0.25, -0.2) is 4.98 Å². The monoisotopic (exact) mass is 564 g/mol. The molecule has 0 amide bonds. The van der Waals surface area contributed by atoms with Gasteiger partial charge in [0, 0.05) is 33.4 Å². The first kappa shape index (κ1) is 25.4. The standard InChI is InChI=1S/C42H32N2/c1-41(2)33-13-7-5-11-29(33)32-24-31(36-30-12-6-8-14-34(30)42(3,4)38(36)37(32)41)25-15-17-26(18-16-25)35-22-21-28-20-19-27-10-9-23-43-39(27)40(28)44-35/h5-24H,1-4H3. The first-order chi connectivity index (χ1) is 21.3. The van der Waals surface area contributed by atoms with Crippen molar-refractivity contribution in [2.24, 2.45) is 0 Å². The summed E-state index contributed by atoms with van der Waals surface area (Å²) in [5, 5.41) is 2.22. The summed E-state index contributed by atoms with van der Waals surface area (Å²) in [6, 6.07) is 42.1. The Kier molecular flexibility index (Phi) is 5.05. The highest BCUT2D eigenvalue weighted by Crippen LogP contribution is 2.61. The molecule has 2 aliphatic carbocycles. The first-order valence-electron chi connectivity index (χ1n) is 15.5. The quantitative estimate of drug-likeness (QED) is 0.195. The number of benzene rings is 5. The second kappa shape index (κ2) is 8.74. The second-order valence-corrected chi connectivity index (χ2v) is 13.4. The van der Waals surface area contributed by atoms with Crippen molar-refractivity contribution in [1.29, 1.82) is 0 Å². The van der Waals surface area contributed by atoms with Crippen molar-refractivity contribution in [1.82, 2.24) is 9.97 Å². The lowest BCUT2D eigenvalue weighted by Gasteiger charge is -2.31. The zero-order chi connectivity index (χ0) is 29.8. The van der Waals surface area contributed by atoms with Crippen LogP contribution in [-0.4, -0.2) is 9.97 Å². The number of fused-ring (bicyclic) bond motifs is 10. The van der Waals surface area contributed by atoms with Gasteiger partial charge in [0.25, 0.3) is 0 Å². The van der Waals surface area contributed by atoms with Gasteiger partial charge in [0.15, 0.2) is 0 Å². The third-order valence-corrected chi connectivity index (χ3v) is 10.3. The van der Waals surface area contributed by atoms with Gasteiger partial charge in [-0.15, -0.1) is 0 Å². The molecule has 44 heavy (non-hydrogen) atoms. The molecule has 0 radical (unpaired) electrons. The Balaban J connectivity index is 1.25. The molecule has 2 nitrogen and oxygen atoms in total. The molecule has 0 N–H and O–H groups in total. The molecule has 9 rings (SSSR count). The molecule has 5 aromatic carbocycles. The number of rotatable bonds is 2. The summed E-state index contributed by atoms with van der Waals surface area (Å²) >= 11 is 0. The third-order valence-electron chi connectivity index (χ3n) is 10.3. The normalized spacial score (nSPS) is 15.2. The smallest absolute Gasteiger partial charge is 0.0972 e. The Morgan fingerprint density at radius 1 is 0.477 bits per heavy atom. The van der Waals surface area contributed by atoms with Crippen molar-refractivity contribution >= 4 is 21.8 Å². The predicted molar refractivity (Wildman–Crippen MR) is 183 cm³/mol. The van der Waals surface area contributed by atoms with E-state index in [1.165, 1.54) is 55.6 Å². The van der Waals surface area contributed by atoms with E-state index in [2.05, 4.69) is 142 Å². The molecular formula is C42H32N2. The van der Waals surface area contributed by atoms with E-state index >= 15 is 0 Å². The van der Waals surface area contributed by atoms with Gasteiger partial charge in [-0.1, -0.05) is 125 Å². The predicted octanol–water partition coefficient (Wildman–Crippen LogP) is 10.7. The summed E-state index contributed by atoms with van der Waals surface area (Å²) in [6.07, 6.45) is 1.85. The van der Waals surface area contributed by atoms with Gasteiger partial charge in [0.2, 0.25) is 0 Å². The lowest BCUT2D eigenvalue weighted by Crippen LogP contribution is -2.24. The maximum Gasteiger partial charge on any atom is 0.0972 e. The summed E-state index contributed by atoms with van der Waals surface area (Å²) in [7, 11) is 0. The average molecular weight is 565 g/mol. The van der Waals surface area contributed by atoms with Crippen molar-refractivity contribution < 1.29 is 0 Å². The van der Waals surface area contributed by atoms with Gasteiger partial charge in [-0.3, -0.25) is 4.98 Å². The highest BCUT2D eigenvalue weighted by Gasteiger charge is 2.46. The average Bonchev–Trinajstić information content (AvgIpc) is 3.44. The van der Waals surface area contributed by atoms with Crippen molar-refractivity contribution in [2.75, 3.05) is 0 Å². The van der Waals surface area contributed by atoms with E-state index in [1.807, 2.05) is 12.3 Å². The van der Waals surface area contributed by atoms with E-state index in [1.54, 1.807) is 0 Å². The molecule has 0 aliphatic heterocycles. The molecule has 2 aliphatic rings. The number of hydrogen-bond acceptors (Lipinski definition) is 2.